The van der Waals surface area contributed by atoms with Gasteiger partial charge in [0.15, 0.2) is 0 Å². The minimum Gasteiger partial charge on any atom is -0.360 e. The molecule has 3 nitrogen and oxygen atoms in total. The van der Waals surface area contributed by atoms with Crippen LogP contribution in [0.15, 0.2) is 62.9 Å². The summed E-state index contributed by atoms with van der Waals surface area (Å²) in [6.45, 7) is 0. The maximum atomic E-state index is 12.9. The number of hydrogen-bond acceptors (Lipinski definition) is 2. The fraction of sp³-hybridized carbons (Fsp3) is 0. The van der Waals surface area contributed by atoms with Crippen molar-refractivity contribution >= 4 is 36.7 Å². The van der Waals surface area contributed by atoms with Crippen molar-refractivity contribution in [2.75, 3.05) is 0 Å². The summed E-state index contributed by atoms with van der Waals surface area (Å²) in [6, 6.07) is 10.2. The van der Waals surface area contributed by atoms with Crippen LogP contribution in [0.2, 0.25) is 0 Å². The average molecular weight is 354 g/mol. The van der Waals surface area contributed by atoms with Crippen LogP contribution in [0, 0.1) is 5.82 Å². The first-order valence-electron chi connectivity index (χ1n) is 5.76. The highest BCUT2D eigenvalue weighted by Crippen LogP contribution is 2.30. The van der Waals surface area contributed by atoms with E-state index in [1.54, 1.807) is 12.1 Å². The second-order valence-corrected chi connectivity index (χ2v) is 7.13. The minimum atomic E-state index is -3.67. The Bertz CT molecular complexity index is 885. The zero-order valence-electron chi connectivity index (χ0n) is 10.1. The molecule has 0 radical (unpaired) electrons. The number of nitrogens with one attached hydrogen (secondary N) is 1. The standard InChI is InChI=1S/C14H9BrFNO2S/c15-9-1-6-13-12(7-9)14(8-17-13)20(18,19)11-4-2-10(16)3-5-11/h1-8,17H. The first kappa shape index (κ1) is 13.3. The van der Waals surface area contributed by atoms with Gasteiger partial charge in [0.2, 0.25) is 9.84 Å². The largest absolute Gasteiger partial charge is 0.360 e. The van der Waals surface area contributed by atoms with Gasteiger partial charge in [0.05, 0.1) is 9.79 Å². The van der Waals surface area contributed by atoms with Crippen LogP contribution in [0.3, 0.4) is 0 Å². The Morgan fingerprint density at radius 2 is 1.75 bits per heavy atom. The molecule has 3 aromatic rings. The smallest absolute Gasteiger partial charge is 0.208 e. The SMILES string of the molecule is O=S(=O)(c1ccc(F)cc1)c1c[nH]c2ccc(Br)cc12. The highest BCUT2D eigenvalue weighted by atomic mass is 79.9. The number of fused-ring (bicyclic) bond motifs is 1. The third-order valence-electron chi connectivity index (χ3n) is 3.02. The number of aromatic nitrogens is 1. The summed E-state index contributed by atoms with van der Waals surface area (Å²) in [5.41, 5.74) is 0.730. The Morgan fingerprint density at radius 3 is 2.45 bits per heavy atom. The summed E-state index contributed by atoms with van der Waals surface area (Å²) >= 11 is 3.33. The molecule has 6 heteroatoms. The number of hydrogen-bond donors (Lipinski definition) is 1. The van der Waals surface area contributed by atoms with Crippen LogP contribution in [0.5, 0.6) is 0 Å². The molecule has 0 unspecified atom stereocenters. The van der Waals surface area contributed by atoms with E-state index in [9.17, 15) is 12.8 Å². The highest BCUT2D eigenvalue weighted by Gasteiger charge is 2.21. The molecule has 0 spiro atoms. The first-order chi connectivity index (χ1) is 9.48. The minimum absolute atomic E-state index is 0.0692. The lowest BCUT2D eigenvalue weighted by molar-refractivity contribution is 0.595. The normalized spacial score (nSPS) is 11.9. The van der Waals surface area contributed by atoms with Gasteiger partial charge in [-0.05, 0) is 42.5 Å². The number of rotatable bonds is 2. The molecule has 1 N–H and O–H groups in total. The molecule has 1 heterocycles. The molecule has 1 aromatic heterocycles. The summed E-state index contributed by atoms with van der Waals surface area (Å²) in [5, 5.41) is 0.601. The van der Waals surface area contributed by atoms with Crippen LogP contribution in [0.4, 0.5) is 4.39 Å². The Balaban J connectivity index is 2.23. The van der Waals surface area contributed by atoms with Crippen LogP contribution >= 0.6 is 15.9 Å². The third kappa shape index (κ3) is 2.14. The fourth-order valence-corrected chi connectivity index (χ4v) is 3.81. The van der Waals surface area contributed by atoms with E-state index < -0.39 is 15.7 Å². The number of benzene rings is 2. The zero-order valence-corrected chi connectivity index (χ0v) is 12.5. The van der Waals surface area contributed by atoms with E-state index in [1.807, 2.05) is 6.07 Å². The van der Waals surface area contributed by atoms with Crippen molar-refractivity contribution in [3.63, 3.8) is 0 Å². The van der Waals surface area contributed by atoms with Gasteiger partial charge in [0.1, 0.15) is 5.82 Å². The van der Waals surface area contributed by atoms with Gasteiger partial charge >= 0.3 is 0 Å². The lowest BCUT2D eigenvalue weighted by Gasteiger charge is -2.03. The molecule has 0 atom stereocenters. The van der Waals surface area contributed by atoms with Gasteiger partial charge in [-0.3, -0.25) is 0 Å². The van der Waals surface area contributed by atoms with Crippen LogP contribution in [-0.4, -0.2) is 13.4 Å². The zero-order chi connectivity index (χ0) is 14.3. The second-order valence-electron chi connectivity index (χ2n) is 4.30. The fourth-order valence-electron chi connectivity index (χ4n) is 2.03. The Kier molecular flexibility index (Phi) is 3.14. The monoisotopic (exact) mass is 353 g/mol. The van der Waals surface area contributed by atoms with Gasteiger partial charge in [-0.1, -0.05) is 15.9 Å². The van der Waals surface area contributed by atoms with E-state index in [-0.39, 0.29) is 9.79 Å². The van der Waals surface area contributed by atoms with Gasteiger partial charge < -0.3 is 4.98 Å². The molecule has 0 saturated heterocycles. The Morgan fingerprint density at radius 1 is 1.05 bits per heavy atom. The second kappa shape index (κ2) is 4.71. The number of aromatic amines is 1. The molecule has 0 bridgehead atoms. The molecular weight excluding hydrogens is 345 g/mol. The molecule has 20 heavy (non-hydrogen) atoms. The van der Waals surface area contributed by atoms with E-state index in [0.717, 1.165) is 22.1 Å². The van der Waals surface area contributed by atoms with Crippen molar-refractivity contribution < 1.29 is 12.8 Å². The van der Waals surface area contributed by atoms with Gasteiger partial charge in [0.25, 0.3) is 0 Å². The molecule has 0 aliphatic rings. The van der Waals surface area contributed by atoms with Gasteiger partial charge in [-0.15, -0.1) is 0 Å². The van der Waals surface area contributed by atoms with E-state index in [4.69, 9.17) is 0 Å². The summed E-state index contributed by atoms with van der Waals surface area (Å²) in [7, 11) is -3.67. The van der Waals surface area contributed by atoms with Gasteiger partial charge in [-0.2, -0.15) is 0 Å². The van der Waals surface area contributed by atoms with Crippen molar-refractivity contribution in [1.82, 2.24) is 4.98 Å². The predicted octanol–water partition coefficient (Wildman–Crippen LogP) is 3.90. The first-order valence-corrected chi connectivity index (χ1v) is 8.03. The lowest BCUT2D eigenvalue weighted by Crippen LogP contribution is -2.01. The van der Waals surface area contributed by atoms with Gasteiger partial charge in [0, 0.05) is 21.6 Å². The summed E-state index contributed by atoms with van der Waals surface area (Å²) < 4.78 is 38.9. The van der Waals surface area contributed by atoms with Crippen molar-refractivity contribution in [1.29, 1.82) is 0 Å². The van der Waals surface area contributed by atoms with E-state index in [1.165, 1.54) is 18.3 Å². The van der Waals surface area contributed by atoms with E-state index in [2.05, 4.69) is 20.9 Å². The Labute approximate surface area is 123 Å². The van der Waals surface area contributed by atoms with Crippen LogP contribution in [-0.2, 0) is 9.84 Å². The summed E-state index contributed by atoms with van der Waals surface area (Å²) in [5.74, 6) is -0.467. The highest BCUT2D eigenvalue weighted by molar-refractivity contribution is 9.10. The number of sulfone groups is 1. The Hall–Kier alpha value is -1.66. The van der Waals surface area contributed by atoms with Crippen LogP contribution in [0.1, 0.15) is 0 Å². The molecule has 0 aliphatic heterocycles. The van der Waals surface area contributed by atoms with Gasteiger partial charge in [-0.25, -0.2) is 12.8 Å². The molecule has 0 amide bonds. The number of halogens is 2. The van der Waals surface area contributed by atoms with Crippen molar-refractivity contribution in [2.24, 2.45) is 0 Å². The third-order valence-corrected chi connectivity index (χ3v) is 5.32. The number of H-pyrrole nitrogens is 1. The van der Waals surface area contributed by atoms with Crippen molar-refractivity contribution in [3.05, 3.63) is 59.0 Å². The molecule has 2 aromatic carbocycles. The van der Waals surface area contributed by atoms with Crippen molar-refractivity contribution in [3.8, 4) is 0 Å². The average Bonchev–Trinajstić information content (AvgIpc) is 2.82. The van der Waals surface area contributed by atoms with Crippen molar-refractivity contribution in [2.45, 2.75) is 9.79 Å². The molecule has 0 fully saturated rings. The maximum absolute atomic E-state index is 12.9. The van der Waals surface area contributed by atoms with Crippen LogP contribution in [0.25, 0.3) is 10.9 Å². The van der Waals surface area contributed by atoms with E-state index >= 15 is 0 Å². The molecule has 0 aliphatic carbocycles. The molecule has 0 saturated carbocycles. The maximum Gasteiger partial charge on any atom is 0.208 e. The summed E-state index contributed by atoms with van der Waals surface area (Å²) in [4.78, 5) is 3.18. The summed E-state index contributed by atoms with van der Waals surface area (Å²) in [6.07, 6.45) is 1.45. The molecule has 3 rings (SSSR count). The quantitative estimate of drug-likeness (QED) is 0.710. The lowest BCUT2D eigenvalue weighted by atomic mass is 10.2. The molecular formula is C14H9BrFNO2S. The molecule has 102 valence electrons. The predicted molar refractivity (Wildman–Crippen MR) is 77.9 cm³/mol. The topological polar surface area (TPSA) is 49.9 Å². The van der Waals surface area contributed by atoms with E-state index in [0.29, 0.717) is 5.39 Å². The van der Waals surface area contributed by atoms with Crippen LogP contribution < -0.4 is 0 Å².